The lowest BCUT2D eigenvalue weighted by atomic mass is 9.72. The van der Waals surface area contributed by atoms with E-state index in [0.29, 0.717) is 11.5 Å². The Labute approximate surface area is 102 Å². The summed E-state index contributed by atoms with van der Waals surface area (Å²) in [7, 11) is 2.12. The van der Waals surface area contributed by atoms with Crippen LogP contribution in [0.1, 0.15) is 53.4 Å². The van der Waals surface area contributed by atoms with E-state index in [1.165, 1.54) is 38.8 Å². The molecule has 1 aliphatic rings. The summed E-state index contributed by atoms with van der Waals surface area (Å²) < 4.78 is 0. The van der Waals surface area contributed by atoms with Gasteiger partial charge in [0.25, 0.3) is 0 Å². The SMILES string of the molecule is CCCN(CC)C1CC(C)(C)CCC1NC. The van der Waals surface area contributed by atoms with Gasteiger partial charge in [0.15, 0.2) is 0 Å². The van der Waals surface area contributed by atoms with E-state index in [4.69, 9.17) is 0 Å². The molecule has 0 heterocycles. The number of hydrogen-bond acceptors (Lipinski definition) is 2. The minimum absolute atomic E-state index is 0.527. The molecule has 0 aromatic rings. The average Bonchev–Trinajstić information content (AvgIpc) is 2.25. The number of nitrogens with one attached hydrogen (secondary N) is 1. The Morgan fingerprint density at radius 3 is 2.50 bits per heavy atom. The van der Waals surface area contributed by atoms with Crippen molar-refractivity contribution in [3.05, 3.63) is 0 Å². The van der Waals surface area contributed by atoms with Gasteiger partial charge in [-0.15, -0.1) is 0 Å². The maximum atomic E-state index is 3.52. The Morgan fingerprint density at radius 1 is 1.31 bits per heavy atom. The van der Waals surface area contributed by atoms with Crippen LogP contribution in [-0.2, 0) is 0 Å². The summed E-state index contributed by atoms with van der Waals surface area (Å²) in [6.45, 7) is 11.9. The van der Waals surface area contributed by atoms with E-state index < -0.39 is 0 Å². The highest BCUT2D eigenvalue weighted by atomic mass is 15.2. The number of likely N-dealkylation sites (N-methyl/N-ethyl adjacent to an activating group) is 2. The molecule has 1 N–H and O–H groups in total. The van der Waals surface area contributed by atoms with E-state index in [-0.39, 0.29) is 0 Å². The Hall–Kier alpha value is -0.0800. The highest BCUT2D eigenvalue weighted by molar-refractivity contribution is 4.93. The van der Waals surface area contributed by atoms with E-state index in [1.54, 1.807) is 0 Å². The standard InChI is InChI=1S/C14H30N2/c1-6-10-16(7-2)13-11-14(3,4)9-8-12(13)15-5/h12-13,15H,6-11H2,1-5H3. The van der Waals surface area contributed by atoms with Crippen molar-refractivity contribution in [3.63, 3.8) is 0 Å². The fourth-order valence-corrected chi connectivity index (χ4v) is 3.12. The van der Waals surface area contributed by atoms with Crippen LogP contribution in [0.5, 0.6) is 0 Å². The van der Waals surface area contributed by atoms with Crippen molar-refractivity contribution in [2.24, 2.45) is 5.41 Å². The van der Waals surface area contributed by atoms with Gasteiger partial charge >= 0.3 is 0 Å². The molecule has 1 fully saturated rings. The molecular weight excluding hydrogens is 196 g/mol. The van der Waals surface area contributed by atoms with E-state index in [2.05, 4.69) is 45.0 Å². The smallest absolute Gasteiger partial charge is 0.0254 e. The molecule has 2 heteroatoms. The van der Waals surface area contributed by atoms with Gasteiger partial charge in [-0.05, 0) is 51.2 Å². The topological polar surface area (TPSA) is 15.3 Å². The molecule has 16 heavy (non-hydrogen) atoms. The van der Waals surface area contributed by atoms with E-state index in [9.17, 15) is 0 Å². The Balaban J connectivity index is 2.69. The lowest BCUT2D eigenvalue weighted by Crippen LogP contribution is -2.54. The molecular formula is C14H30N2. The van der Waals surface area contributed by atoms with Crippen LogP contribution in [0, 0.1) is 5.41 Å². The third-order valence-corrected chi connectivity index (χ3v) is 4.12. The number of nitrogens with zero attached hydrogens (tertiary/aromatic N) is 1. The Kier molecular flexibility index (Phi) is 5.26. The van der Waals surface area contributed by atoms with Crippen LogP contribution in [0.4, 0.5) is 0 Å². The molecule has 2 atom stereocenters. The van der Waals surface area contributed by atoms with Crippen LogP contribution in [0.2, 0.25) is 0 Å². The number of rotatable bonds is 5. The van der Waals surface area contributed by atoms with Crippen LogP contribution >= 0.6 is 0 Å². The summed E-state index contributed by atoms with van der Waals surface area (Å²) in [5.74, 6) is 0. The van der Waals surface area contributed by atoms with Crippen molar-refractivity contribution in [2.75, 3.05) is 20.1 Å². The van der Waals surface area contributed by atoms with Crippen molar-refractivity contribution in [1.29, 1.82) is 0 Å². The van der Waals surface area contributed by atoms with Crippen molar-refractivity contribution in [1.82, 2.24) is 10.2 Å². The summed E-state index contributed by atoms with van der Waals surface area (Å²) in [6, 6.07) is 1.43. The predicted molar refractivity (Wildman–Crippen MR) is 71.8 cm³/mol. The maximum absolute atomic E-state index is 3.52. The molecule has 0 aliphatic heterocycles. The first kappa shape index (κ1) is 14.0. The fourth-order valence-electron chi connectivity index (χ4n) is 3.12. The summed E-state index contributed by atoms with van der Waals surface area (Å²) in [4.78, 5) is 2.67. The van der Waals surface area contributed by atoms with Crippen LogP contribution in [0.3, 0.4) is 0 Å². The molecule has 0 spiro atoms. The zero-order valence-corrected chi connectivity index (χ0v) is 11.8. The second-order valence-electron chi connectivity index (χ2n) is 6.00. The van der Waals surface area contributed by atoms with Gasteiger partial charge in [0.05, 0.1) is 0 Å². The normalized spacial score (nSPS) is 29.6. The monoisotopic (exact) mass is 226 g/mol. The summed E-state index contributed by atoms with van der Waals surface area (Å²) in [5, 5.41) is 3.52. The van der Waals surface area contributed by atoms with Crippen molar-refractivity contribution < 1.29 is 0 Å². The maximum Gasteiger partial charge on any atom is 0.0254 e. The zero-order valence-electron chi connectivity index (χ0n) is 11.8. The Morgan fingerprint density at radius 2 is 2.00 bits per heavy atom. The molecule has 96 valence electrons. The Bertz CT molecular complexity index is 201. The van der Waals surface area contributed by atoms with Crippen LogP contribution in [-0.4, -0.2) is 37.1 Å². The van der Waals surface area contributed by atoms with Gasteiger partial charge in [0.1, 0.15) is 0 Å². The first-order chi connectivity index (χ1) is 7.54. The lowest BCUT2D eigenvalue weighted by Gasteiger charge is -2.45. The largest absolute Gasteiger partial charge is 0.315 e. The molecule has 0 radical (unpaired) electrons. The first-order valence-electron chi connectivity index (χ1n) is 6.95. The van der Waals surface area contributed by atoms with Gasteiger partial charge in [0.2, 0.25) is 0 Å². The van der Waals surface area contributed by atoms with Gasteiger partial charge < -0.3 is 5.32 Å². The van der Waals surface area contributed by atoms with Gasteiger partial charge in [0, 0.05) is 12.1 Å². The first-order valence-corrected chi connectivity index (χ1v) is 6.95. The van der Waals surface area contributed by atoms with Gasteiger partial charge in [-0.2, -0.15) is 0 Å². The summed E-state index contributed by atoms with van der Waals surface area (Å²) >= 11 is 0. The third kappa shape index (κ3) is 3.46. The second-order valence-corrected chi connectivity index (χ2v) is 6.00. The van der Waals surface area contributed by atoms with E-state index >= 15 is 0 Å². The molecule has 1 saturated carbocycles. The number of hydrogen-bond donors (Lipinski definition) is 1. The van der Waals surface area contributed by atoms with Gasteiger partial charge in [-0.1, -0.05) is 27.7 Å². The van der Waals surface area contributed by atoms with E-state index in [1.807, 2.05) is 0 Å². The molecule has 0 aromatic carbocycles. The highest BCUT2D eigenvalue weighted by Gasteiger charge is 2.36. The van der Waals surface area contributed by atoms with Crippen molar-refractivity contribution >= 4 is 0 Å². The minimum atomic E-state index is 0.527. The molecule has 2 nitrogen and oxygen atoms in total. The quantitative estimate of drug-likeness (QED) is 0.775. The zero-order chi connectivity index (χ0) is 12.2. The highest BCUT2D eigenvalue weighted by Crippen LogP contribution is 2.37. The molecule has 1 aliphatic carbocycles. The van der Waals surface area contributed by atoms with Crippen LogP contribution < -0.4 is 5.32 Å². The van der Waals surface area contributed by atoms with Crippen molar-refractivity contribution in [3.8, 4) is 0 Å². The van der Waals surface area contributed by atoms with Crippen LogP contribution in [0.25, 0.3) is 0 Å². The fraction of sp³-hybridized carbons (Fsp3) is 1.00. The molecule has 0 bridgehead atoms. The molecule has 1 rings (SSSR count). The molecule has 0 amide bonds. The van der Waals surface area contributed by atoms with Gasteiger partial charge in [-0.3, -0.25) is 4.90 Å². The summed E-state index contributed by atoms with van der Waals surface area (Å²) in [6.07, 6.45) is 5.29. The molecule has 0 aromatic heterocycles. The molecule has 0 saturated heterocycles. The lowest BCUT2D eigenvalue weighted by molar-refractivity contribution is 0.0709. The van der Waals surface area contributed by atoms with Crippen molar-refractivity contribution in [2.45, 2.75) is 65.5 Å². The average molecular weight is 226 g/mol. The third-order valence-electron chi connectivity index (χ3n) is 4.12. The van der Waals surface area contributed by atoms with Gasteiger partial charge in [-0.25, -0.2) is 0 Å². The molecule has 2 unspecified atom stereocenters. The predicted octanol–water partition coefficient (Wildman–Crippen LogP) is 2.89. The van der Waals surface area contributed by atoms with Crippen LogP contribution in [0.15, 0.2) is 0 Å². The minimum Gasteiger partial charge on any atom is -0.315 e. The second kappa shape index (κ2) is 6.02. The van der Waals surface area contributed by atoms with E-state index in [0.717, 1.165) is 6.04 Å². The summed E-state index contributed by atoms with van der Waals surface area (Å²) in [5.41, 5.74) is 0.527.